The van der Waals surface area contributed by atoms with Crippen LogP contribution >= 0.6 is 0 Å². The van der Waals surface area contributed by atoms with E-state index in [9.17, 15) is 0 Å². The summed E-state index contributed by atoms with van der Waals surface area (Å²) in [6.45, 7) is 0. The van der Waals surface area contributed by atoms with Crippen LogP contribution in [0.1, 0.15) is 0 Å². The minimum atomic E-state index is 0.824. The molecular weight excluding hydrogens is 657 g/mol. The van der Waals surface area contributed by atoms with E-state index >= 15 is 0 Å². The topological polar surface area (TPSA) is 35.1 Å². The van der Waals surface area contributed by atoms with Crippen LogP contribution in [0.25, 0.3) is 120 Å². The van der Waals surface area contributed by atoms with Gasteiger partial charge in [0.2, 0.25) is 0 Å². The van der Waals surface area contributed by atoms with E-state index in [0.717, 1.165) is 49.9 Å². The van der Waals surface area contributed by atoms with E-state index < -0.39 is 0 Å². The number of para-hydroxylation sites is 2. The smallest absolute Gasteiger partial charge is 0.165 e. The highest BCUT2D eigenvalue weighted by atomic mass is 15.1. The van der Waals surface area contributed by atoms with Crippen LogP contribution in [0.15, 0.2) is 170 Å². The molecule has 4 nitrogen and oxygen atoms in total. The van der Waals surface area contributed by atoms with Gasteiger partial charge in [-0.05, 0) is 45.8 Å². The van der Waals surface area contributed by atoms with Crippen molar-refractivity contribution in [2.45, 2.75) is 0 Å². The molecule has 4 heteroatoms. The van der Waals surface area contributed by atoms with Crippen LogP contribution in [-0.4, -0.2) is 18.9 Å². The number of nitrogens with zero attached hydrogens (tertiary/aromatic N) is 4. The van der Waals surface area contributed by atoms with Crippen LogP contribution in [0.3, 0.4) is 0 Å². The number of hydrogen-bond donors (Lipinski definition) is 0. The number of rotatable bonds is 2. The van der Waals surface area contributed by atoms with E-state index in [4.69, 9.17) is 9.97 Å². The molecule has 4 aromatic heterocycles. The van der Waals surface area contributed by atoms with Crippen LogP contribution in [0.4, 0.5) is 0 Å². The zero-order valence-electron chi connectivity index (χ0n) is 29.0. The first-order chi connectivity index (χ1) is 26.8. The fourth-order valence-electron chi connectivity index (χ4n) is 9.55. The summed E-state index contributed by atoms with van der Waals surface area (Å²) in [5.41, 5.74) is 9.55. The van der Waals surface area contributed by atoms with E-state index in [2.05, 4.69) is 179 Å². The number of hydrogen-bond acceptors (Lipinski definition) is 2. The lowest BCUT2D eigenvalue weighted by Crippen LogP contribution is -2.04. The van der Waals surface area contributed by atoms with Gasteiger partial charge in [-0.3, -0.25) is 4.57 Å². The number of fused-ring (bicyclic) bond motifs is 12. The molecule has 0 unspecified atom stereocenters. The van der Waals surface area contributed by atoms with Gasteiger partial charge in [0.1, 0.15) is 5.69 Å². The van der Waals surface area contributed by atoms with Crippen molar-refractivity contribution in [1.29, 1.82) is 0 Å². The van der Waals surface area contributed by atoms with Crippen molar-refractivity contribution in [2.24, 2.45) is 0 Å². The van der Waals surface area contributed by atoms with Crippen molar-refractivity contribution in [3.05, 3.63) is 170 Å². The Kier molecular flexibility index (Phi) is 5.34. The first kappa shape index (κ1) is 28.3. The number of benzene rings is 9. The Labute approximate surface area is 308 Å². The van der Waals surface area contributed by atoms with Crippen molar-refractivity contribution in [2.75, 3.05) is 0 Å². The lowest BCUT2D eigenvalue weighted by atomic mass is 9.97. The third-order valence-electron chi connectivity index (χ3n) is 11.7. The fourth-order valence-corrected chi connectivity index (χ4v) is 9.55. The molecule has 0 atom stereocenters. The zero-order valence-corrected chi connectivity index (χ0v) is 29.0. The first-order valence-corrected chi connectivity index (χ1v) is 18.5. The Bertz CT molecular complexity index is 3720. The van der Waals surface area contributed by atoms with Gasteiger partial charge in [-0.1, -0.05) is 146 Å². The highest BCUT2D eigenvalue weighted by Gasteiger charge is 2.27. The minimum absolute atomic E-state index is 0.824. The van der Waals surface area contributed by atoms with Gasteiger partial charge in [0.05, 0.1) is 38.6 Å². The molecule has 13 rings (SSSR count). The third-order valence-corrected chi connectivity index (χ3v) is 11.7. The highest BCUT2D eigenvalue weighted by Crippen LogP contribution is 2.49. The second kappa shape index (κ2) is 10.2. The van der Waals surface area contributed by atoms with Gasteiger partial charge in [0.15, 0.2) is 5.82 Å². The summed E-state index contributed by atoms with van der Waals surface area (Å²) < 4.78 is 4.98. The normalized spacial score (nSPS) is 12.4. The van der Waals surface area contributed by atoms with Crippen LogP contribution < -0.4 is 0 Å². The molecular formula is C50H28N4. The van der Waals surface area contributed by atoms with Gasteiger partial charge >= 0.3 is 0 Å². The number of aromatic nitrogens is 4. The monoisotopic (exact) mass is 684 g/mol. The third kappa shape index (κ3) is 3.52. The zero-order chi connectivity index (χ0) is 35.1. The summed E-state index contributed by atoms with van der Waals surface area (Å²) in [6.07, 6.45) is 0. The summed E-state index contributed by atoms with van der Waals surface area (Å²) in [6, 6.07) is 61.6. The highest BCUT2D eigenvalue weighted by molar-refractivity contribution is 6.39. The van der Waals surface area contributed by atoms with Crippen molar-refractivity contribution in [3.63, 3.8) is 0 Å². The maximum Gasteiger partial charge on any atom is 0.165 e. The SMILES string of the molecule is c1ccc(-c2nc3ccc4ccccc4c3nc2-n2c3cc4ccccc4c4c5cccc6c7ccccc7n(c7cc8ccccc8c2c7c43)c65)cc1. The Morgan fingerprint density at radius 1 is 0.370 bits per heavy atom. The Balaban J connectivity index is 1.39. The summed E-state index contributed by atoms with van der Waals surface area (Å²) >= 11 is 0. The lowest BCUT2D eigenvalue weighted by molar-refractivity contribution is 1.09. The molecule has 9 aromatic carbocycles. The molecule has 0 saturated carbocycles. The van der Waals surface area contributed by atoms with Crippen LogP contribution in [-0.2, 0) is 0 Å². The van der Waals surface area contributed by atoms with Gasteiger partial charge in [-0.2, -0.15) is 0 Å². The summed E-state index contributed by atoms with van der Waals surface area (Å²) in [5.74, 6) is 0.824. The van der Waals surface area contributed by atoms with Crippen LogP contribution in [0, 0.1) is 0 Å². The molecule has 54 heavy (non-hydrogen) atoms. The molecule has 13 aromatic rings. The van der Waals surface area contributed by atoms with Gasteiger partial charge in [-0.15, -0.1) is 0 Å². The first-order valence-electron chi connectivity index (χ1n) is 18.5. The maximum absolute atomic E-state index is 5.73. The van der Waals surface area contributed by atoms with Gasteiger partial charge in [0, 0.05) is 48.7 Å². The van der Waals surface area contributed by atoms with Crippen molar-refractivity contribution >= 4 is 103 Å². The van der Waals surface area contributed by atoms with E-state index in [1.807, 2.05) is 0 Å². The molecule has 0 radical (unpaired) electrons. The van der Waals surface area contributed by atoms with Gasteiger partial charge in [0.25, 0.3) is 0 Å². The molecule has 0 aliphatic carbocycles. The van der Waals surface area contributed by atoms with E-state index in [1.54, 1.807) is 0 Å². The predicted octanol–water partition coefficient (Wildman–Crippen LogP) is 13.0. The Morgan fingerprint density at radius 2 is 1.02 bits per heavy atom. The maximum atomic E-state index is 5.73. The molecule has 0 aliphatic heterocycles. The molecule has 4 heterocycles. The Hall–Kier alpha value is -7.30. The largest absolute Gasteiger partial charge is 0.308 e. The molecule has 0 fully saturated rings. The molecule has 248 valence electrons. The quantitative estimate of drug-likeness (QED) is 0.170. The van der Waals surface area contributed by atoms with Crippen molar-refractivity contribution < 1.29 is 0 Å². The minimum Gasteiger partial charge on any atom is -0.308 e. The molecule has 0 N–H and O–H groups in total. The summed E-state index contributed by atoms with van der Waals surface area (Å²) in [4.78, 5) is 11.2. The lowest BCUT2D eigenvalue weighted by Gasteiger charge is -2.16. The second-order valence-electron chi connectivity index (χ2n) is 14.5. The predicted molar refractivity (Wildman–Crippen MR) is 226 cm³/mol. The average molecular weight is 685 g/mol. The Morgan fingerprint density at radius 3 is 1.87 bits per heavy atom. The molecule has 0 spiro atoms. The van der Waals surface area contributed by atoms with Crippen LogP contribution in [0.5, 0.6) is 0 Å². The van der Waals surface area contributed by atoms with Crippen molar-refractivity contribution in [1.82, 2.24) is 18.9 Å². The summed E-state index contributed by atoms with van der Waals surface area (Å²) in [5, 5.41) is 14.5. The molecule has 0 aliphatic rings. The van der Waals surface area contributed by atoms with E-state index in [1.165, 1.54) is 70.4 Å². The molecule has 0 bridgehead atoms. The van der Waals surface area contributed by atoms with Gasteiger partial charge < -0.3 is 4.40 Å². The average Bonchev–Trinajstić information content (AvgIpc) is 3.71. The van der Waals surface area contributed by atoms with Crippen molar-refractivity contribution in [3.8, 4) is 17.1 Å². The van der Waals surface area contributed by atoms with Crippen LogP contribution in [0.2, 0.25) is 0 Å². The summed E-state index contributed by atoms with van der Waals surface area (Å²) in [7, 11) is 0. The van der Waals surface area contributed by atoms with E-state index in [0.29, 0.717) is 0 Å². The molecule has 0 amide bonds. The standard InChI is InChI=1S/C50H28N4/c1-2-14-30(15-3-1)46-50(52-47-34-19-8-4-13-29(34)25-26-39(47)51-46)54-41-27-31-16-5-7-18-33(31)43-38-23-12-22-37-36-21-10-11-24-40(36)53(48(37)38)42-28-32-17-6-9-20-35(32)49(54)45(42)44(41)43/h1-28H. The van der Waals surface area contributed by atoms with Gasteiger partial charge in [-0.25, -0.2) is 9.97 Å². The second-order valence-corrected chi connectivity index (χ2v) is 14.5. The fraction of sp³-hybridized carbons (Fsp3) is 0. The van der Waals surface area contributed by atoms with E-state index in [-0.39, 0.29) is 0 Å². The molecule has 0 saturated heterocycles.